The molecule has 0 amide bonds. The number of halogens is 1. The van der Waals surface area contributed by atoms with Crippen LogP contribution in [-0.4, -0.2) is 11.0 Å². The van der Waals surface area contributed by atoms with Gasteiger partial charge in [-0.15, -0.1) is 0 Å². The van der Waals surface area contributed by atoms with Crippen molar-refractivity contribution in [3.05, 3.63) is 22.8 Å². The van der Waals surface area contributed by atoms with Crippen molar-refractivity contribution in [1.29, 1.82) is 0 Å². The van der Waals surface area contributed by atoms with Crippen LogP contribution in [-0.2, 0) is 0 Å². The highest BCUT2D eigenvalue weighted by Crippen LogP contribution is 2.13. The standard InChI is InChI=1S/C11H17BrN2/c1-3-6-9(4-2)13-11-8-5-7-10(12)14-11/h5,7-9H,3-4,6H2,1-2H3,(H,13,14). The van der Waals surface area contributed by atoms with E-state index in [4.69, 9.17) is 0 Å². The maximum atomic E-state index is 4.35. The normalized spacial score (nSPS) is 12.5. The molecule has 14 heavy (non-hydrogen) atoms. The van der Waals surface area contributed by atoms with Crippen LogP contribution < -0.4 is 5.32 Å². The molecule has 0 aromatic carbocycles. The van der Waals surface area contributed by atoms with Gasteiger partial charge >= 0.3 is 0 Å². The average Bonchev–Trinajstić information content (AvgIpc) is 2.17. The van der Waals surface area contributed by atoms with E-state index < -0.39 is 0 Å². The molecule has 0 saturated carbocycles. The third kappa shape index (κ3) is 3.66. The van der Waals surface area contributed by atoms with Crippen LogP contribution in [0, 0.1) is 0 Å². The van der Waals surface area contributed by atoms with E-state index in [-0.39, 0.29) is 0 Å². The topological polar surface area (TPSA) is 24.9 Å². The number of pyridine rings is 1. The molecule has 1 rings (SSSR count). The van der Waals surface area contributed by atoms with Gasteiger partial charge in [0.15, 0.2) is 0 Å². The Morgan fingerprint density at radius 2 is 2.21 bits per heavy atom. The van der Waals surface area contributed by atoms with Gasteiger partial charge in [0.05, 0.1) is 0 Å². The fourth-order valence-electron chi connectivity index (χ4n) is 1.42. The highest BCUT2D eigenvalue weighted by molar-refractivity contribution is 9.10. The second kappa shape index (κ2) is 6.02. The molecule has 0 aliphatic heterocycles. The zero-order chi connectivity index (χ0) is 10.4. The van der Waals surface area contributed by atoms with Crippen molar-refractivity contribution in [2.24, 2.45) is 0 Å². The fraction of sp³-hybridized carbons (Fsp3) is 0.545. The van der Waals surface area contributed by atoms with Crippen LogP contribution in [0.2, 0.25) is 0 Å². The quantitative estimate of drug-likeness (QED) is 0.811. The summed E-state index contributed by atoms with van der Waals surface area (Å²) >= 11 is 3.36. The lowest BCUT2D eigenvalue weighted by Crippen LogP contribution is -2.18. The largest absolute Gasteiger partial charge is 0.367 e. The minimum absolute atomic E-state index is 0.543. The van der Waals surface area contributed by atoms with Gasteiger partial charge in [0.25, 0.3) is 0 Å². The van der Waals surface area contributed by atoms with Gasteiger partial charge in [-0.2, -0.15) is 0 Å². The molecule has 0 bridgehead atoms. The monoisotopic (exact) mass is 256 g/mol. The van der Waals surface area contributed by atoms with Crippen molar-refractivity contribution >= 4 is 21.7 Å². The van der Waals surface area contributed by atoms with Gasteiger partial charge in [0.1, 0.15) is 10.4 Å². The summed E-state index contributed by atoms with van der Waals surface area (Å²) in [6, 6.07) is 6.48. The number of hydrogen-bond acceptors (Lipinski definition) is 2. The predicted molar refractivity (Wildman–Crippen MR) is 64.5 cm³/mol. The Morgan fingerprint density at radius 3 is 2.79 bits per heavy atom. The summed E-state index contributed by atoms with van der Waals surface area (Å²) in [5.74, 6) is 0.958. The molecule has 1 heterocycles. The molecular weight excluding hydrogens is 240 g/mol. The van der Waals surface area contributed by atoms with Crippen LogP contribution in [0.15, 0.2) is 22.8 Å². The van der Waals surface area contributed by atoms with Crippen LogP contribution in [0.5, 0.6) is 0 Å². The molecule has 0 aliphatic rings. The molecule has 3 heteroatoms. The molecule has 1 unspecified atom stereocenters. The zero-order valence-corrected chi connectivity index (χ0v) is 10.3. The molecule has 0 radical (unpaired) electrons. The smallest absolute Gasteiger partial charge is 0.127 e. The molecule has 1 atom stereocenters. The first-order chi connectivity index (χ1) is 6.76. The summed E-state index contributed by atoms with van der Waals surface area (Å²) in [5.41, 5.74) is 0. The number of nitrogens with zero attached hydrogens (tertiary/aromatic N) is 1. The molecule has 0 saturated heterocycles. The Hall–Kier alpha value is -0.570. The van der Waals surface area contributed by atoms with Crippen LogP contribution in [0.3, 0.4) is 0 Å². The molecule has 1 aromatic rings. The Balaban J connectivity index is 2.57. The van der Waals surface area contributed by atoms with E-state index in [9.17, 15) is 0 Å². The number of nitrogens with one attached hydrogen (secondary N) is 1. The maximum Gasteiger partial charge on any atom is 0.127 e. The van der Waals surface area contributed by atoms with Crippen LogP contribution >= 0.6 is 15.9 Å². The number of hydrogen-bond donors (Lipinski definition) is 1. The lowest BCUT2D eigenvalue weighted by Gasteiger charge is -2.16. The lowest BCUT2D eigenvalue weighted by molar-refractivity contribution is 0.620. The van der Waals surface area contributed by atoms with Crippen LogP contribution in [0.1, 0.15) is 33.1 Å². The third-order valence-corrected chi connectivity index (χ3v) is 2.64. The Labute approximate surface area is 94.3 Å². The molecular formula is C11H17BrN2. The van der Waals surface area contributed by atoms with Crippen molar-refractivity contribution in [2.45, 2.75) is 39.2 Å². The molecule has 0 spiro atoms. The molecule has 0 aliphatic carbocycles. The highest BCUT2D eigenvalue weighted by atomic mass is 79.9. The van der Waals surface area contributed by atoms with Crippen LogP contribution in [0.4, 0.5) is 5.82 Å². The minimum atomic E-state index is 0.543. The predicted octanol–water partition coefficient (Wildman–Crippen LogP) is 3.83. The first-order valence-electron chi connectivity index (χ1n) is 5.15. The van der Waals surface area contributed by atoms with Gasteiger partial charge in [-0.05, 0) is 40.9 Å². The van der Waals surface area contributed by atoms with Gasteiger partial charge in [-0.25, -0.2) is 4.98 Å². The molecule has 2 nitrogen and oxygen atoms in total. The summed E-state index contributed by atoms with van der Waals surface area (Å²) in [6.07, 6.45) is 3.55. The molecule has 1 aromatic heterocycles. The molecule has 1 N–H and O–H groups in total. The first kappa shape index (κ1) is 11.5. The molecule has 0 fully saturated rings. The number of aromatic nitrogens is 1. The Morgan fingerprint density at radius 1 is 1.43 bits per heavy atom. The zero-order valence-electron chi connectivity index (χ0n) is 8.76. The van der Waals surface area contributed by atoms with E-state index in [0.29, 0.717) is 6.04 Å². The van der Waals surface area contributed by atoms with Crippen LogP contribution in [0.25, 0.3) is 0 Å². The first-order valence-corrected chi connectivity index (χ1v) is 5.94. The molecule has 78 valence electrons. The lowest BCUT2D eigenvalue weighted by atomic mass is 10.1. The van der Waals surface area contributed by atoms with Crippen molar-refractivity contribution in [2.75, 3.05) is 5.32 Å². The summed E-state index contributed by atoms with van der Waals surface area (Å²) in [5, 5.41) is 3.43. The van der Waals surface area contributed by atoms with Crippen molar-refractivity contribution in [1.82, 2.24) is 4.98 Å². The van der Waals surface area contributed by atoms with Gasteiger partial charge in [0.2, 0.25) is 0 Å². The Kier molecular flexibility index (Phi) is 4.94. The van der Waals surface area contributed by atoms with Gasteiger partial charge in [-0.3, -0.25) is 0 Å². The van der Waals surface area contributed by atoms with Gasteiger partial charge in [-0.1, -0.05) is 26.3 Å². The van der Waals surface area contributed by atoms with Crippen molar-refractivity contribution in [3.8, 4) is 0 Å². The van der Waals surface area contributed by atoms with E-state index in [1.807, 2.05) is 18.2 Å². The van der Waals surface area contributed by atoms with E-state index in [2.05, 4.69) is 40.1 Å². The van der Waals surface area contributed by atoms with Gasteiger partial charge < -0.3 is 5.32 Å². The third-order valence-electron chi connectivity index (χ3n) is 2.20. The summed E-state index contributed by atoms with van der Waals surface area (Å²) in [6.45, 7) is 4.41. The number of anilines is 1. The van der Waals surface area contributed by atoms with E-state index in [0.717, 1.165) is 16.8 Å². The fourth-order valence-corrected chi connectivity index (χ4v) is 1.77. The Bertz CT molecular complexity index is 276. The van der Waals surface area contributed by atoms with E-state index >= 15 is 0 Å². The maximum absolute atomic E-state index is 4.35. The van der Waals surface area contributed by atoms with E-state index in [1.165, 1.54) is 12.8 Å². The highest BCUT2D eigenvalue weighted by Gasteiger charge is 2.04. The second-order valence-electron chi connectivity index (χ2n) is 3.38. The summed E-state index contributed by atoms with van der Waals surface area (Å²) in [4.78, 5) is 4.35. The number of rotatable bonds is 5. The van der Waals surface area contributed by atoms with E-state index in [1.54, 1.807) is 0 Å². The van der Waals surface area contributed by atoms with Crippen molar-refractivity contribution < 1.29 is 0 Å². The average molecular weight is 257 g/mol. The van der Waals surface area contributed by atoms with Crippen molar-refractivity contribution in [3.63, 3.8) is 0 Å². The summed E-state index contributed by atoms with van der Waals surface area (Å²) < 4.78 is 0.883. The minimum Gasteiger partial charge on any atom is -0.367 e. The summed E-state index contributed by atoms with van der Waals surface area (Å²) in [7, 11) is 0. The SMILES string of the molecule is CCCC(CC)Nc1cccc(Br)n1. The second-order valence-corrected chi connectivity index (χ2v) is 4.20. The van der Waals surface area contributed by atoms with Gasteiger partial charge in [0, 0.05) is 6.04 Å².